The number of ether oxygens (including phenoxy) is 1. The number of hydrogen-bond donors (Lipinski definition) is 1. The van der Waals surface area contributed by atoms with Crippen LogP contribution in [-0.2, 0) is 0 Å². The van der Waals surface area contributed by atoms with E-state index in [0.717, 1.165) is 0 Å². The van der Waals surface area contributed by atoms with E-state index in [1.165, 1.54) is 25.4 Å². The second-order valence-corrected chi connectivity index (χ2v) is 3.38. The van der Waals surface area contributed by atoms with Gasteiger partial charge in [-0.05, 0) is 12.1 Å². The normalized spacial score (nSPS) is 10.6. The van der Waals surface area contributed by atoms with Crippen molar-refractivity contribution < 1.29 is 9.13 Å². The number of benzene rings is 1. The highest BCUT2D eigenvalue weighted by Crippen LogP contribution is 2.35. The average Bonchev–Trinajstić information content (AvgIpc) is 2.24. The zero-order valence-electron chi connectivity index (χ0n) is 7.92. The number of anilines is 1. The number of pyridine rings is 1. The summed E-state index contributed by atoms with van der Waals surface area (Å²) in [5.41, 5.74) is 6.05. The van der Waals surface area contributed by atoms with Crippen molar-refractivity contribution in [2.75, 3.05) is 12.8 Å². The summed E-state index contributed by atoms with van der Waals surface area (Å²) in [5.74, 6) is 0.00361. The van der Waals surface area contributed by atoms with Gasteiger partial charge in [0.2, 0.25) is 0 Å². The van der Waals surface area contributed by atoms with Crippen LogP contribution in [0.1, 0.15) is 0 Å². The molecule has 0 fully saturated rings. The number of fused-ring (bicyclic) bond motifs is 1. The first kappa shape index (κ1) is 9.98. The van der Waals surface area contributed by atoms with Crippen LogP contribution in [0.2, 0.25) is 5.02 Å². The van der Waals surface area contributed by atoms with E-state index in [-0.39, 0.29) is 10.5 Å². The molecule has 1 aromatic heterocycles. The fourth-order valence-electron chi connectivity index (χ4n) is 1.39. The van der Waals surface area contributed by atoms with E-state index in [9.17, 15) is 4.39 Å². The van der Waals surface area contributed by atoms with E-state index in [4.69, 9.17) is 22.1 Å². The Kier molecular flexibility index (Phi) is 2.36. The number of rotatable bonds is 1. The molecule has 0 aliphatic carbocycles. The molecule has 0 aliphatic rings. The fourth-order valence-corrected chi connectivity index (χ4v) is 1.62. The summed E-state index contributed by atoms with van der Waals surface area (Å²) in [6.07, 6.45) is 1.33. The Hall–Kier alpha value is -1.55. The van der Waals surface area contributed by atoms with E-state index in [1.807, 2.05) is 0 Å². The number of nitrogens with two attached hydrogens (primary N) is 1. The molecule has 2 N–H and O–H groups in total. The number of halogens is 2. The first-order valence-corrected chi connectivity index (χ1v) is 4.59. The summed E-state index contributed by atoms with van der Waals surface area (Å²) in [5, 5.41) is 0.663. The van der Waals surface area contributed by atoms with E-state index in [1.54, 1.807) is 0 Å². The fraction of sp³-hybridized carbons (Fsp3) is 0.100. The van der Waals surface area contributed by atoms with Crippen LogP contribution in [0.4, 0.5) is 10.1 Å². The predicted octanol–water partition coefficient (Wildman–Crippen LogP) is 2.62. The van der Waals surface area contributed by atoms with Gasteiger partial charge in [-0.2, -0.15) is 0 Å². The number of aromatic nitrogens is 1. The van der Waals surface area contributed by atoms with Gasteiger partial charge in [-0.25, -0.2) is 4.39 Å². The molecule has 0 atom stereocenters. The predicted molar refractivity (Wildman–Crippen MR) is 57.7 cm³/mol. The second-order valence-electron chi connectivity index (χ2n) is 3.00. The molecule has 2 aromatic rings. The second kappa shape index (κ2) is 3.55. The molecular weight excluding hydrogens is 219 g/mol. The number of hydrogen-bond acceptors (Lipinski definition) is 3. The number of nitrogen functional groups attached to an aromatic ring is 1. The van der Waals surface area contributed by atoms with Crippen LogP contribution in [0.15, 0.2) is 18.3 Å². The number of nitrogens with zero attached hydrogens (tertiary/aromatic N) is 1. The number of methoxy groups -OCH3 is 1. The van der Waals surface area contributed by atoms with Crippen molar-refractivity contribution in [2.45, 2.75) is 0 Å². The quantitative estimate of drug-likeness (QED) is 0.813. The molecule has 0 aliphatic heterocycles. The Morgan fingerprint density at radius 1 is 1.47 bits per heavy atom. The van der Waals surface area contributed by atoms with Crippen molar-refractivity contribution >= 4 is 28.2 Å². The van der Waals surface area contributed by atoms with Gasteiger partial charge in [0.15, 0.2) is 0 Å². The molecule has 3 nitrogen and oxygen atoms in total. The van der Waals surface area contributed by atoms with Crippen LogP contribution < -0.4 is 10.5 Å². The van der Waals surface area contributed by atoms with Crippen LogP contribution in [0.5, 0.6) is 5.75 Å². The van der Waals surface area contributed by atoms with Crippen molar-refractivity contribution in [1.82, 2.24) is 4.98 Å². The van der Waals surface area contributed by atoms with E-state index in [2.05, 4.69) is 4.98 Å². The zero-order valence-corrected chi connectivity index (χ0v) is 8.68. The summed E-state index contributed by atoms with van der Waals surface area (Å²) in [6, 6.07) is 2.77. The Morgan fingerprint density at radius 2 is 2.20 bits per heavy atom. The van der Waals surface area contributed by atoms with Gasteiger partial charge in [-0.1, -0.05) is 11.6 Å². The molecule has 0 saturated heterocycles. The van der Waals surface area contributed by atoms with Gasteiger partial charge in [0, 0.05) is 0 Å². The zero-order chi connectivity index (χ0) is 11.0. The maximum atomic E-state index is 13.4. The van der Waals surface area contributed by atoms with Gasteiger partial charge >= 0.3 is 0 Å². The van der Waals surface area contributed by atoms with Gasteiger partial charge < -0.3 is 10.5 Å². The summed E-state index contributed by atoms with van der Waals surface area (Å²) < 4.78 is 18.5. The molecule has 2 rings (SSSR count). The van der Waals surface area contributed by atoms with Crippen molar-refractivity contribution in [1.29, 1.82) is 0 Å². The van der Waals surface area contributed by atoms with Gasteiger partial charge in [-0.3, -0.25) is 4.98 Å². The van der Waals surface area contributed by atoms with Crippen LogP contribution in [0.3, 0.4) is 0 Å². The largest absolute Gasteiger partial charge is 0.496 e. The highest BCUT2D eigenvalue weighted by atomic mass is 35.5. The van der Waals surface area contributed by atoms with E-state index in [0.29, 0.717) is 16.8 Å². The Balaban J connectivity index is 2.95. The lowest BCUT2D eigenvalue weighted by Crippen LogP contribution is -1.94. The summed E-state index contributed by atoms with van der Waals surface area (Å²) in [4.78, 5) is 3.89. The summed E-state index contributed by atoms with van der Waals surface area (Å²) >= 11 is 5.97. The molecule has 0 spiro atoms. The monoisotopic (exact) mass is 226 g/mol. The Bertz CT molecular complexity index is 530. The molecule has 0 saturated carbocycles. The molecule has 78 valence electrons. The molecule has 15 heavy (non-hydrogen) atoms. The van der Waals surface area contributed by atoms with Gasteiger partial charge in [0.1, 0.15) is 17.1 Å². The van der Waals surface area contributed by atoms with Crippen molar-refractivity contribution in [3.05, 3.63) is 29.2 Å². The lowest BCUT2D eigenvalue weighted by molar-refractivity contribution is 0.419. The average molecular weight is 227 g/mol. The molecule has 0 unspecified atom stereocenters. The summed E-state index contributed by atoms with van der Waals surface area (Å²) in [6.45, 7) is 0. The minimum absolute atomic E-state index is 0.161. The third kappa shape index (κ3) is 1.47. The van der Waals surface area contributed by atoms with Crippen molar-refractivity contribution in [3.8, 4) is 5.75 Å². The third-order valence-electron chi connectivity index (χ3n) is 2.12. The maximum Gasteiger partial charge on any atom is 0.149 e. The molecule has 1 aromatic carbocycles. The van der Waals surface area contributed by atoms with Crippen molar-refractivity contribution in [2.24, 2.45) is 0 Å². The molecule has 0 bridgehead atoms. The Morgan fingerprint density at radius 3 is 2.87 bits per heavy atom. The van der Waals surface area contributed by atoms with Gasteiger partial charge in [0.25, 0.3) is 0 Å². The van der Waals surface area contributed by atoms with Gasteiger partial charge in [0.05, 0.1) is 29.4 Å². The van der Waals surface area contributed by atoms with Crippen LogP contribution in [-0.4, -0.2) is 12.1 Å². The highest BCUT2D eigenvalue weighted by molar-refractivity contribution is 6.38. The van der Waals surface area contributed by atoms with Crippen molar-refractivity contribution in [3.63, 3.8) is 0 Å². The molecule has 0 radical (unpaired) electrons. The minimum Gasteiger partial charge on any atom is -0.496 e. The van der Waals surface area contributed by atoms with E-state index >= 15 is 0 Å². The Labute approximate surface area is 90.6 Å². The van der Waals surface area contributed by atoms with Crippen LogP contribution in [0.25, 0.3) is 10.9 Å². The lowest BCUT2D eigenvalue weighted by Gasteiger charge is -2.08. The first-order valence-electron chi connectivity index (χ1n) is 4.21. The van der Waals surface area contributed by atoms with Crippen LogP contribution >= 0.6 is 11.6 Å². The van der Waals surface area contributed by atoms with E-state index < -0.39 is 5.82 Å². The summed E-state index contributed by atoms with van der Waals surface area (Å²) in [7, 11) is 1.48. The molecule has 1 heterocycles. The topological polar surface area (TPSA) is 48.1 Å². The standard InChI is InChI=1S/C10H8ClFN2O/c1-15-7-3-2-5(12)10-8(7)9(11)6(13)4-14-10/h2-4H,13H2,1H3. The van der Waals surface area contributed by atoms with Crippen LogP contribution in [0, 0.1) is 5.82 Å². The molecular formula is C10H8ClFN2O. The lowest BCUT2D eigenvalue weighted by atomic mass is 10.2. The SMILES string of the molecule is COc1ccc(F)c2ncc(N)c(Cl)c12. The third-order valence-corrected chi connectivity index (χ3v) is 2.52. The first-order chi connectivity index (χ1) is 7.15. The van der Waals surface area contributed by atoms with Gasteiger partial charge in [-0.15, -0.1) is 0 Å². The molecule has 0 amide bonds. The maximum absolute atomic E-state index is 13.4. The smallest absolute Gasteiger partial charge is 0.149 e. The molecule has 5 heteroatoms. The minimum atomic E-state index is -0.451. The highest BCUT2D eigenvalue weighted by Gasteiger charge is 2.13.